The van der Waals surface area contributed by atoms with E-state index in [9.17, 15) is 72.2 Å². The number of rotatable bonds is 34. The molecule has 0 aromatic carbocycles. The summed E-state index contributed by atoms with van der Waals surface area (Å²) in [4.78, 5) is 139. The fourth-order valence-corrected chi connectivity index (χ4v) is 11.1. The number of fused-ring (bicyclic) bond motifs is 1. The standard InChI is InChI=1S/C39H64N15O21P3S2/c1-6-42-36-51-37(49-19(2)3)53-38(52-36)80-15-21(32(61)45-13-25(57)58)50-24(56)8-7-20(40)35(63)79-12-11-43-23(55)9-10-44-33(62)29(60)39(4,5)16-72-78(69,70)75-77(67,68)71-14-22-28(74-76(64,65)66)27(59)34(73-22)54-18-48-26-30(41)46-17-47-31(26)54/h17-22,27-29,34,59-60H,6-16,40H2,1-5H3,(H,43,55)(H,44,62)(H,45,61)(H,50,56)(H,57,58)(H,67,68)(H,69,70)(H2,41,46,47)(H2,64,65,66)(H2,42,49,51,52,53). The summed E-state index contributed by atoms with van der Waals surface area (Å²) in [5.41, 5.74) is 10.1. The van der Waals surface area contributed by atoms with Gasteiger partial charge in [-0.1, -0.05) is 37.4 Å². The van der Waals surface area contributed by atoms with Crippen LogP contribution in [0.3, 0.4) is 0 Å². The molecule has 0 aliphatic carbocycles. The van der Waals surface area contributed by atoms with E-state index in [4.69, 9.17) is 30.4 Å². The van der Waals surface area contributed by atoms with Crippen molar-refractivity contribution in [3.05, 3.63) is 12.7 Å². The van der Waals surface area contributed by atoms with E-state index in [1.807, 2.05) is 20.8 Å². The number of nitrogen functional groups attached to an aromatic ring is 1. The molecule has 1 aliphatic heterocycles. The summed E-state index contributed by atoms with van der Waals surface area (Å²) in [6, 6.07) is -2.39. The van der Waals surface area contributed by atoms with Crippen molar-refractivity contribution in [3.63, 3.8) is 0 Å². The molecule has 0 bridgehead atoms. The summed E-state index contributed by atoms with van der Waals surface area (Å²) < 4.78 is 62.5. The number of carbonyl (C=O) groups excluding carboxylic acids is 5. The number of ether oxygens (including phenoxy) is 1. The molecule has 4 rings (SSSR count). The molecule has 9 atom stereocenters. The molecule has 17 N–H and O–H groups in total. The van der Waals surface area contributed by atoms with Crippen LogP contribution >= 0.6 is 47.0 Å². The van der Waals surface area contributed by atoms with Crippen LogP contribution in [0.15, 0.2) is 17.8 Å². The molecule has 36 nitrogen and oxygen atoms in total. The number of nitrogens with zero attached hydrogens (tertiary/aromatic N) is 7. The average Bonchev–Trinajstić information content (AvgIpc) is 3.92. The van der Waals surface area contributed by atoms with Gasteiger partial charge < -0.3 is 83.0 Å². The van der Waals surface area contributed by atoms with Crippen molar-refractivity contribution in [2.75, 3.05) is 67.3 Å². The monoisotopic (exact) mass is 1240 g/mol. The smallest absolute Gasteiger partial charge is 0.480 e. The molecule has 0 spiro atoms. The zero-order valence-electron chi connectivity index (χ0n) is 43.3. The van der Waals surface area contributed by atoms with Gasteiger partial charge in [0.25, 0.3) is 0 Å². The van der Waals surface area contributed by atoms with E-state index in [0.717, 1.165) is 40.7 Å². The predicted molar refractivity (Wildman–Crippen MR) is 280 cm³/mol. The van der Waals surface area contributed by atoms with Gasteiger partial charge in [0.2, 0.25) is 40.6 Å². The number of aliphatic hydroxyl groups is 2. The van der Waals surface area contributed by atoms with E-state index >= 15 is 0 Å². The average molecular weight is 1240 g/mol. The molecule has 0 saturated carbocycles. The SMILES string of the molecule is CCNc1nc(NC(C)C)nc(SCC(NC(=O)CCC(N)C(=O)SCCNC(=O)CCNC(=O)C(O)C(C)(C)COP(=O)(O)OP(=O)(O)OCC2OC(n3cnc4c(N)ncnc43)C(O)C2OP(=O)(O)O)C(=O)NCC(=O)O)n1. The van der Waals surface area contributed by atoms with Gasteiger partial charge >= 0.3 is 29.4 Å². The lowest BCUT2D eigenvalue weighted by molar-refractivity contribution is -0.138. The van der Waals surface area contributed by atoms with Gasteiger partial charge in [-0.15, -0.1) is 0 Å². The van der Waals surface area contributed by atoms with Crippen LogP contribution in [0.5, 0.6) is 0 Å². The second kappa shape index (κ2) is 30.3. The lowest BCUT2D eigenvalue weighted by atomic mass is 9.87. The quantitative estimate of drug-likeness (QED) is 0.0170. The highest BCUT2D eigenvalue weighted by molar-refractivity contribution is 8.13. The Morgan fingerprint density at radius 3 is 2.26 bits per heavy atom. The van der Waals surface area contributed by atoms with Crippen molar-refractivity contribution < 1.29 is 100.0 Å². The number of aliphatic hydroxyl groups excluding tert-OH is 2. The first kappa shape index (κ1) is 67.4. The normalized spacial score (nSPS) is 19.3. The van der Waals surface area contributed by atoms with E-state index in [0.29, 0.717) is 6.54 Å². The highest BCUT2D eigenvalue weighted by Gasteiger charge is 2.50. The van der Waals surface area contributed by atoms with Crippen LogP contribution in [0.2, 0.25) is 0 Å². The predicted octanol–water partition coefficient (Wildman–Crippen LogP) is -2.31. The Hall–Kier alpha value is -5.11. The number of nitrogens with one attached hydrogen (secondary N) is 6. The minimum Gasteiger partial charge on any atom is -0.480 e. The van der Waals surface area contributed by atoms with Crippen LogP contribution in [0.25, 0.3) is 11.2 Å². The maximum Gasteiger partial charge on any atom is 0.481 e. The van der Waals surface area contributed by atoms with Crippen LogP contribution in [0.4, 0.5) is 17.7 Å². The second-order valence-electron chi connectivity index (χ2n) is 18.0. The van der Waals surface area contributed by atoms with Gasteiger partial charge in [0, 0.05) is 55.4 Å². The minimum atomic E-state index is -5.64. The molecule has 4 amide bonds. The molecule has 448 valence electrons. The number of carboxylic acids is 1. The third kappa shape index (κ3) is 22.0. The lowest BCUT2D eigenvalue weighted by Gasteiger charge is -2.30. The second-order valence-corrected chi connectivity index (χ2v) is 24.3. The van der Waals surface area contributed by atoms with Crippen molar-refractivity contribution in [2.45, 2.75) is 108 Å². The first-order valence-electron chi connectivity index (χ1n) is 23.8. The van der Waals surface area contributed by atoms with Gasteiger partial charge in [-0.2, -0.15) is 19.3 Å². The Morgan fingerprint density at radius 1 is 0.912 bits per heavy atom. The third-order valence-electron chi connectivity index (χ3n) is 10.5. The number of phosphoric acid groups is 3. The summed E-state index contributed by atoms with van der Waals surface area (Å²) in [7, 11) is -16.6. The van der Waals surface area contributed by atoms with Crippen LogP contribution in [0.1, 0.15) is 60.1 Å². The summed E-state index contributed by atoms with van der Waals surface area (Å²) >= 11 is 1.77. The highest BCUT2D eigenvalue weighted by atomic mass is 32.2. The number of thioether (sulfide) groups is 2. The zero-order valence-corrected chi connectivity index (χ0v) is 47.7. The number of imidazole rings is 1. The van der Waals surface area contributed by atoms with Gasteiger partial charge in [-0.05, 0) is 27.2 Å². The Bertz CT molecular complexity index is 2800. The molecular formula is C39H64N15O21P3S2. The number of anilines is 3. The Kier molecular flexibility index (Phi) is 25.5. The van der Waals surface area contributed by atoms with Gasteiger partial charge in [0.05, 0.1) is 25.6 Å². The number of hydrogen-bond donors (Lipinski definition) is 15. The Morgan fingerprint density at radius 2 is 1.60 bits per heavy atom. The van der Waals surface area contributed by atoms with E-state index in [-0.39, 0.29) is 83.9 Å². The van der Waals surface area contributed by atoms with Gasteiger partial charge in [0.15, 0.2) is 22.8 Å². The van der Waals surface area contributed by atoms with Crippen molar-refractivity contribution in [1.82, 2.24) is 55.7 Å². The zero-order chi connectivity index (χ0) is 59.8. The molecule has 0 radical (unpaired) electrons. The molecule has 41 heteroatoms. The molecule has 3 aromatic heterocycles. The summed E-state index contributed by atoms with van der Waals surface area (Å²) in [5, 5.41) is 46.0. The van der Waals surface area contributed by atoms with Gasteiger partial charge in [-0.3, -0.25) is 46.9 Å². The Balaban J connectivity index is 1.16. The Labute approximate surface area is 463 Å². The van der Waals surface area contributed by atoms with Crippen LogP contribution in [-0.2, 0) is 65.1 Å². The van der Waals surface area contributed by atoms with Gasteiger partial charge in [0.1, 0.15) is 48.8 Å². The lowest BCUT2D eigenvalue weighted by Crippen LogP contribution is -2.49. The first-order chi connectivity index (χ1) is 37.3. The molecular weight excluding hydrogens is 1170 g/mol. The maximum atomic E-state index is 12.9. The van der Waals surface area contributed by atoms with Gasteiger partial charge in [-0.25, -0.2) is 28.6 Å². The van der Waals surface area contributed by atoms with Crippen LogP contribution in [-0.4, -0.2) is 198 Å². The maximum absolute atomic E-state index is 12.9. The fraction of sp³-hybridized carbons (Fsp3) is 0.641. The number of phosphoric ester groups is 3. The molecule has 1 aliphatic rings. The highest BCUT2D eigenvalue weighted by Crippen LogP contribution is 2.61. The van der Waals surface area contributed by atoms with Crippen molar-refractivity contribution >= 4 is 111 Å². The number of aliphatic carboxylic acids is 1. The van der Waals surface area contributed by atoms with Crippen molar-refractivity contribution in [2.24, 2.45) is 11.1 Å². The summed E-state index contributed by atoms with van der Waals surface area (Å²) in [5.74, 6) is -4.02. The number of amides is 4. The molecule has 1 saturated heterocycles. The molecule has 3 aromatic rings. The first-order valence-corrected chi connectivity index (χ1v) is 30.3. The number of carbonyl (C=O) groups is 6. The van der Waals surface area contributed by atoms with E-state index < -0.39 is 126 Å². The van der Waals surface area contributed by atoms with Crippen molar-refractivity contribution in [1.29, 1.82) is 0 Å². The van der Waals surface area contributed by atoms with E-state index in [1.54, 1.807) is 0 Å². The summed E-state index contributed by atoms with van der Waals surface area (Å²) in [6.45, 7) is 5.31. The number of nitrogens with two attached hydrogens (primary N) is 2. The molecule has 4 heterocycles. The van der Waals surface area contributed by atoms with Crippen LogP contribution in [0, 0.1) is 5.41 Å². The topological polar surface area (TPSA) is 548 Å². The minimum absolute atomic E-state index is 0.00341. The number of carboxylic acid groups (broad SMARTS) is 1. The number of hydrogen-bond acceptors (Lipinski definition) is 28. The third-order valence-corrected chi connectivity index (χ3v) is 15.6. The van der Waals surface area contributed by atoms with Crippen molar-refractivity contribution in [3.8, 4) is 0 Å². The van der Waals surface area contributed by atoms with E-state index in [2.05, 4.69) is 70.6 Å². The fourth-order valence-electron chi connectivity index (χ4n) is 6.67. The summed E-state index contributed by atoms with van der Waals surface area (Å²) in [6.07, 6.45) is -7.78. The van der Waals surface area contributed by atoms with Crippen LogP contribution < -0.4 is 43.4 Å². The molecule has 9 unspecified atom stereocenters. The molecule has 1 fully saturated rings. The van der Waals surface area contributed by atoms with E-state index in [1.165, 1.54) is 13.8 Å². The molecule has 80 heavy (non-hydrogen) atoms. The largest absolute Gasteiger partial charge is 0.481 e. The number of aromatic nitrogens is 7.